The van der Waals surface area contributed by atoms with Gasteiger partial charge in [0, 0.05) is 0 Å². The normalized spacial score (nSPS) is 13.9. The molecule has 0 aliphatic rings. The molecule has 0 saturated heterocycles. The molecule has 0 aromatic rings. The molecule has 0 bridgehead atoms. The highest BCUT2D eigenvalue weighted by atomic mass is 16.4. The van der Waals surface area contributed by atoms with Crippen molar-refractivity contribution in [2.75, 3.05) is 0 Å². The molecule has 0 aliphatic carbocycles. The van der Waals surface area contributed by atoms with Gasteiger partial charge in [0.05, 0.1) is 0 Å². The van der Waals surface area contributed by atoms with E-state index in [9.17, 15) is 9.59 Å². The molecule has 0 saturated carbocycles. The maximum absolute atomic E-state index is 10.4. The van der Waals surface area contributed by atoms with Crippen molar-refractivity contribution in [2.24, 2.45) is 0 Å². The van der Waals surface area contributed by atoms with Crippen molar-refractivity contribution in [1.82, 2.24) is 0 Å². The van der Waals surface area contributed by atoms with E-state index in [0.717, 1.165) is 51.4 Å². The highest BCUT2D eigenvalue weighted by Crippen LogP contribution is 2.12. The number of carboxylic acid groups (broad SMARTS) is 2. The maximum atomic E-state index is 10.4. The van der Waals surface area contributed by atoms with E-state index in [1.165, 1.54) is 0 Å². The molecule has 0 radical (unpaired) electrons. The quantitative estimate of drug-likeness (QED) is 0.384. The minimum atomic E-state index is -1.24. The SMILES string of the molecule is O=C(O)C(O)CCCCCCCCCCC(O)C(=O)O. The molecule has 0 amide bonds. The van der Waals surface area contributed by atoms with Crippen molar-refractivity contribution in [3.8, 4) is 0 Å². The highest BCUT2D eigenvalue weighted by molar-refractivity contribution is 5.72. The Hall–Kier alpha value is -1.14. The topological polar surface area (TPSA) is 115 Å². The molecular formula is C14H26O6. The van der Waals surface area contributed by atoms with E-state index in [0.29, 0.717) is 12.8 Å². The van der Waals surface area contributed by atoms with E-state index < -0.39 is 24.1 Å². The van der Waals surface area contributed by atoms with Gasteiger partial charge in [-0.05, 0) is 12.8 Å². The summed E-state index contributed by atoms with van der Waals surface area (Å²) in [6.45, 7) is 0. The fraction of sp³-hybridized carbons (Fsp3) is 0.857. The first kappa shape index (κ1) is 18.9. The molecule has 0 heterocycles. The van der Waals surface area contributed by atoms with Crippen molar-refractivity contribution in [2.45, 2.75) is 76.4 Å². The minimum Gasteiger partial charge on any atom is -0.479 e. The van der Waals surface area contributed by atoms with Crippen molar-refractivity contribution in [3.05, 3.63) is 0 Å². The number of aliphatic carboxylic acids is 2. The summed E-state index contributed by atoms with van der Waals surface area (Å²) in [6.07, 6.45) is 5.57. The van der Waals surface area contributed by atoms with Crippen LogP contribution in [-0.2, 0) is 9.59 Å². The summed E-state index contributed by atoms with van der Waals surface area (Å²) in [7, 11) is 0. The van der Waals surface area contributed by atoms with E-state index in [-0.39, 0.29) is 0 Å². The molecule has 6 heteroatoms. The second-order valence-corrected chi connectivity index (χ2v) is 5.11. The zero-order valence-corrected chi connectivity index (χ0v) is 11.8. The number of aliphatic hydroxyl groups excluding tert-OH is 2. The Bertz CT molecular complexity index is 251. The summed E-state index contributed by atoms with van der Waals surface area (Å²) in [4.78, 5) is 20.7. The predicted octanol–water partition coefficient (Wildman–Crippen LogP) is 1.78. The average Bonchev–Trinajstić information content (AvgIpc) is 2.39. The fourth-order valence-corrected chi connectivity index (χ4v) is 1.98. The van der Waals surface area contributed by atoms with E-state index in [2.05, 4.69) is 0 Å². The molecule has 0 aromatic heterocycles. The lowest BCUT2D eigenvalue weighted by Gasteiger charge is -2.06. The van der Waals surface area contributed by atoms with Gasteiger partial charge in [0.25, 0.3) is 0 Å². The molecule has 2 unspecified atom stereocenters. The third-order valence-corrected chi connectivity index (χ3v) is 3.28. The van der Waals surface area contributed by atoms with Gasteiger partial charge in [-0.2, -0.15) is 0 Å². The Morgan fingerprint density at radius 2 is 0.850 bits per heavy atom. The number of aliphatic hydroxyl groups is 2. The van der Waals surface area contributed by atoms with Crippen LogP contribution in [0.15, 0.2) is 0 Å². The Labute approximate surface area is 119 Å². The van der Waals surface area contributed by atoms with Gasteiger partial charge in [0.2, 0.25) is 0 Å². The largest absolute Gasteiger partial charge is 0.479 e. The van der Waals surface area contributed by atoms with Crippen LogP contribution in [-0.4, -0.2) is 44.6 Å². The van der Waals surface area contributed by atoms with Gasteiger partial charge in [-0.15, -0.1) is 0 Å². The molecule has 0 rings (SSSR count). The van der Waals surface area contributed by atoms with E-state index in [1.807, 2.05) is 0 Å². The van der Waals surface area contributed by atoms with Crippen LogP contribution in [0.3, 0.4) is 0 Å². The summed E-state index contributed by atoms with van der Waals surface area (Å²) < 4.78 is 0. The van der Waals surface area contributed by atoms with E-state index >= 15 is 0 Å². The lowest BCUT2D eigenvalue weighted by Crippen LogP contribution is -2.18. The van der Waals surface area contributed by atoms with Crippen LogP contribution < -0.4 is 0 Å². The number of carboxylic acids is 2. The average molecular weight is 290 g/mol. The van der Waals surface area contributed by atoms with Crippen LogP contribution >= 0.6 is 0 Å². The van der Waals surface area contributed by atoms with E-state index in [4.69, 9.17) is 20.4 Å². The first-order valence-corrected chi connectivity index (χ1v) is 7.27. The molecular weight excluding hydrogens is 264 g/mol. The predicted molar refractivity (Wildman–Crippen MR) is 73.5 cm³/mol. The standard InChI is InChI=1S/C14H26O6/c15-11(13(17)18)9-7-5-3-1-2-4-6-8-10-12(16)14(19)20/h11-12,15-16H,1-10H2,(H,17,18)(H,19,20). The molecule has 0 aromatic carbocycles. The third kappa shape index (κ3) is 10.8. The first-order chi connectivity index (χ1) is 9.45. The van der Waals surface area contributed by atoms with Gasteiger partial charge in [0.15, 0.2) is 12.2 Å². The van der Waals surface area contributed by atoms with Gasteiger partial charge in [0.1, 0.15) is 0 Å². The van der Waals surface area contributed by atoms with Crippen LogP contribution in [0, 0.1) is 0 Å². The van der Waals surface area contributed by atoms with Crippen LogP contribution in [0.1, 0.15) is 64.2 Å². The molecule has 118 valence electrons. The summed E-state index contributed by atoms with van der Waals surface area (Å²) >= 11 is 0. The minimum absolute atomic E-state index is 0.308. The molecule has 6 nitrogen and oxygen atoms in total. The van der Waals surface area contributed by atoms with Gasteiger partial charge in [-0.25, -0.2) is 9.59 Å². The second kappa shape index (κ2) is 11.7. The van der Waals surface area contributed by atoms with Crippen LogP contribution in [0.5, 0.6) is 0 Å². The van der Waals surface area contributed by atoms with Crippen LogP contribution in [0.4, 0.5) is 0 Å². The number of hydrogen-bond donors (Lipinski definition) is 4. The lowest BCUT2D eigenvalue weighted by molar-refractivity contribution is -0.147. The molecule has 20 heavy (non-hydrogen) atoms. The molecule has 4 N–H and O–H groups in total. The third-order valence-electron chi connectivity index (χ3n) is 3.28. The van der Waals surface area contributed by atoms with Crippen molar-refractivity contribution in [1.29, 1.82) is 0 Å². The maximum Gasteiger partial charge on any atom is 0.332 e. The van der Waals surface area contributed by atoms with E-state index in [1.54, 1.807) is 0 Å². The Morgan fingerprint density at radius 3 is 1.10 bits per heavy atom. The number of unbranched alkanes of at least 4 members (excludes halogenated alkanes) is 7. The Morgan fingerprint density at radius 1 is 0.600 bits per heavy atom. The number of carbonyl (C=O) groups is 2. The summed E-state index contributed by atoms with van der Waals surface area (Å²) in [5.74, 6) is -2.32. The Balaban J connectivity index is 3.21. The smallest absolute Gasteiger partial charge is 0.332 e. The highest BCUT2D eigenvalue weighted by Gasteiger charge is 2.12. The van der Waals surface area contributed by atoms with Crippen LogP contribution in [0.2, 0.25) is 0 Å². The van der Waals surface area contributed by atoms with Gasteiger partial charge in [-0.1, -0.05) is 51.4 Å². The Kier molecular flexibility index (Phi) is 11.0. The fourth-order valence-electron chi connectivity index (χ4n) is 1.98. The molecule has 0 fully saturated rings. The molecule has 0 spiro atoms. The second-order valence-electron chi connectivity index (χ2n) is 5.11. The summed E-state index contributed by atoms with van der Waals surface area (Å²) in [5, 5.41) is 35.0. The van der Waals surface area contributed by atoms with Gasteiger partial charge >= 0.3 is 11.9 Å². The number of hydrogen-bond acceptors (Lipinski definition) is 4. The lowest BCUT2D eigenvalue weighted by atomic mass is 10.0. The van der Waals surface area contributed by atoms with Crippen molar-refractivity contribution in [3.63, 3.8) is 0 Å². The van der Waals surface area contributed by atoms with Crippen molar-refractivity contribution < 1.29 is 30.0 Å². The van der Waals surface area contributed by atoms with Crippen molar-refractivity contribution >= 4 is 11.9 Å². The van der Waals surface area contributed by atoms with Gasteiger partial charge in [-0.3, -0.25) is 0 Å². The summed E-state index contributed by atoms with van der Waals surface area (Å²) in [5.41, 5.74) is 0. The first-order valence-electron chi connectivity index (χ1n) is 7.27. The molecule has 2 atom stereocenters. The summed E-state index contributed by atoms with van der Waals surface area (Å²) in [6, 6.07) is 0. The van der Waals surface area contributed by atoms with Gasteiger partial charge < -0.3 is 20.4 Å². The zero-order chi connectivity index (χ0) is 15.4. The van der Waals surface area contributed by atoms with Crippen LogP contribution in [0.25, 0.3) is 0 Å². The monoisotopic (exact) mass is 290 g/mol. The zero-order valence-electron chi connectivity index (χ0n) is 11.8. The molecule has 0 aliphatic heterocycles. The number of rotatable bonds is 13.